The number of ether oxygens (including phenoxy) is 1. The van der Waals surface area contributed by atoms with E-state index in [2.05, 4.69) is 5.92 Å². The maximum Gasteiger partial charge on any atom is 0.253 e. The smallest absolute Gasteiger partial charge is 0.253 e. The third-order valence-electron chi connectivity index (χ3n) is 5.38. The maximum absolute atomic E-state index is 12.6. The van der Waals surface area contributed by atoms with Crippen LogP contribution in [0.25, 0.3) is 0 Å². The standard InChI is InChI=1S/C20H25NO2/c1-3-19(15-5-4-6-15)16-7-9-17(10-8-16)20(22)21-13-11-18(23-2)12-14-21/h1,7-10,15,18-19H,4-6,11-14H2,2H3. The van der Waals surface area contributed by atoms with Crippen molar-refractivity contribution >= 4 is 5.91 Å². The lowest BCUT2D eigenvalue weighted by atomic mass is 9.73. The monoisotopic (exact) mass is 311 g/mol. The number of hydrogen-bond donors (Lipinski definition) is 0. The van der Waals surface area contributed by atoms with Gasteiger partial charge in [0, 0.05) is 31.7 Å². The molecule has 0 spiro atoms. The van der Waals surface area contributed by atoms with Crippen molar-refractivity contribution in [2.24, 2.45) is 5.92 Å². The van der Waals surface area contributed by atoms with E-state index in [-0.39, 0.29) is 11.8 Å². The fourth-order valence-corrected chi connectivity index (χ4v) is 3.59. The largest absolute Gasteiger partial charge is 0.381 e. The first-order chi connectivity index (χ1) is 11.2. The number of hydrogen-bond acceptors (Lipinski definition) is 2. The van der Waals surface area contributed by atoms with Gasteiger partial charge >= 0.3 is 0 Å². The molecule has 3 nitrogen and oxygen atoms in total. The van der Waals surface area contributed by atoms with Gasteiger partial charge in [0.05, 0.1) is 6.10 Å². The molecule has 1 unspecified atom stereocenters. The van der Waals surface area contributed by atoms with Crippen LogP contribution in [0.2, 0.25) is 0 Å². The van der Waals surface area contributed by atoms with Crippen molar-refractivity contribution in [1.82, 2.24) is 4.90 Å². The molecule has 122 valence electrons. The van der Waals surface area contributed by atoms with Gasteiger partial charge in [-0.05, 0) is 49.3 Å². The van der Waals surface area contributed by atoms with Gasteiger partial charge in [-0.15, -0.1) is 6.42 Å². The van der Waals surface area contributed by atoms with Gasteiger partial charge < -0.3 is 9.64 Å². The highest BCUT2D eigenvalue weighted by molar-refractivity contribution is 5.94. The van der Waals surface area contributed by atoms with Crippen molar-refractivity contribution in [3.8, 4) is 12.3 Å². The molecule has 1 amide bonds. The van der Waals surface area contributed by atoms with E-state index < -0.39 is 0 Å². The zero-order chi connectivity index (χ0) is 16.2. The molecule has 1 aliphatic heterocycles. The summed E-state index contributed by atoms with van der Waals surface area (Å²) in [6.45, 7) is 1.54. The lowest BCUT2D eigenvalue weighted by Gasteiger charge is -2.32. The molecule has 3 heteroatoms. The van der Waals surface area contributed by atoms with E-state index in [4.69, 9.17) is 11.2 Å². The molecule has 1 atom stereocenters. The molecule has 23 heavy (non-hydrogen) atoms. The van der Waals surface area contributed by atoms with Crippen LogP contribution in [0.1, 0.15) is 53.9 Å². The first kappa shape index (κ1) is 16.1. The van der Waals surface area contributed by atoms with Gasteiger partial charge in [-0.2, -0.15) is 0 Å². The minimum absolute atomic E-state index is 0.118. The van der Waals surface area contributed by atoms with Gasteiger partial charge in [-0.25, -0.2) is 0 Å². The number of carbonyl (C=O) groups is 1. The summed E-state index contributed by atoms with van der Waals surface area (Å²) in [6.07, 6.45) is 11.6. The fourth-order valence-electron chi connectivity index (χ4n) is 3.59. The Bertz CT molecular complexity index is 575. The topological polar surface area (TPSA) is 29.5 Å². The number of carbonyl (C=O) groups excluding carboxylic acids is 1. The van der Waals surface area contributed by atoms with E-state index in [1.54, 1.807) is 7.11 Å². The average molecular weight is 311 g/mol. The van der Waals surface area contributed by atoms with E-state index in [0.717, 1.165) is 31.5 Å². The van der Waals surface area contributed by atoms with E-state index in [1.807, 2.05) is 29.2 Å². The third kappa shape index (κ3) is 3.43. The summed E-state index contributed by atoms with van der Waals surface area (Å²) in [5.41, 5.74) is 1.93. The predicted molar refractivity (Wildman–Crippen MR) is 91.3 cm³/mol. The molecule has 2 fully saturated rings. The number of nitrogens with zero attached hydrogens (tertiary/aromatic N) is 1. The molecule has 1 aliphatic carbocycles. The number of benzene rings is 1. The van der Waals surface area contributed by atoms with Gasteiger partial charge in [0.15, 0.2) is 0 Å². The highest BCUT2D eigenvalue weighted by Gasteiger charge is 2.27. The Hall–Kier alpha value is -1.79. The van der Waals surface area contributed by atoms with Crippen LogP contribution in [-0.4, -0.2) is 37.1 Å². The highest BCUT2D eigenvalue weighted by Crippen LogP contribution is 2.38. The van der Waals surface area contributed by atoms with E-state index in [1.165, 1.54) is 24.8 Å². The van der Waals surface area contributed by atoms with E-state index in [0.29, 0.717) is 12.0 Å². The summed E-state index contributed by atoms with van der Waals surface area (Å²) in [5, 5.41) is 0. The highest BCUT2D eigenvalue weighted by atomic mass is 16.5. The van der Waals surface area contributed by atoms with Gasteiger partial charge in [-0.3, -0.25) is 4.79 Å². The number of amides is 1. The normalized spacial score (nSPS) is 20.6. The number of rotatable bonds is 4. The SMILES string of the molecule is C#CC(c1ccc(C(=O)N2CCC(OC)CC2)cc1)C1CCC1. The number of likely N-dealkylation sites (tertiary alicyclic amines) is 1. The summed E-state index contributed by atoms with van der Waals surface area (Å²) in [5.74, 6) is 3.87. The minimum Gasteiger partial charge on any atom is -0.381 e. The van der Waals surface area contributed by atoms with Gasteiger partial charge in [0.1, 0.15) is 0 Å². The second-order valence-corrected chi connectivity index (χ2v) is 6.68. The van der Waals surface area contributed by atoms with Crippen molar-refractivity contribution in [2.45, 2.75) is 44.1 Å². The Morgan fingerprint density at radius 3 is 2.35 bits per heavy atom. The van der Waals surface area contributed by atoms with Crippen LogP contribution in [0.5, 0.6) is 0 Å². The zero-order valence-corrected chi connectivity index (χ0v) is 13.8. The van der Waals surface area contributed by atoms with Crippen molar-refractivity contribution in [1.29, 1.82) is 0 Å². The Kier molecular flexibility index (Phi) is 5.03. The summed E-state index contributed by atoms with van der Waals surface area (Å²) in [7, 11) is 1.74. The molecule has 0 aromatic heterocycles. The second kappa shape index (κ2) is 7.19. The molecule has 1 aromatic rings. The Morgan fingerprint density at radius 1 is 1.22 bits per heavy atom. The zero-order valence-electron chi connectivity index (χ0n) is 13.8. The molecule has 3 rings (SSSR count). The first-order valence-corrected chi connectivity index (χ1v) is 8.61. The Balaban J connectivity index is 1.65. The first-order valence-electron chi connectivity index (χ1n) is 8.61. The maximum atomic E-state index is 12.6. The molecule has 1 heterocycles. The average Bonchev–Trinajstić information content (AvgIpc) is 2.57. The molecule has 0 N–H and O–H groups in total. The van der Waals surface area contributed by atoms with Crippen molar-refractivity contribution < 1.29 is 9.53 Å². The molecule has 1 saturated heterocycles. The molecular weight excluding hydrogens is 286 g/mol. The quantitative estimate of drug-likeness (QED) is 0.797. The van der Waals surface area contributed by atoms with Crippen LogP contribution >= 0.6 is 0 Å². The van der Waals surface area contributed by atoms with Gasteiger partial charge in [-0.1, -0.05) is 24.5 Å². The molecular formula is C20H25NO2. The molecule has 2 aliphatic rings. The summed E-state index contributed by atoms with van der Waals surface area (Å²) < 4.78 is 5.36. The number of terminal acetylenes is 1. The third-order valence-corrected chi connectivity index (χ3v) is 5.38. The van der Waals surface area contributed by atoms with Crippen molar-refractivity contribution in [3.63, 3.8) is 0 Å². The van der Waals surface area contributed by atoms with Crippen LogP contribution in [-0.2, 0) is 4.74 Å². The van der Waals surface area contributed by atoms with Crippen LogP contribution in [0.3, 0.4) is 0 Å². The van der Waals surface area contributed by atoms with Crippen LogP contribution in [0.15, 0.2) is 24.3 Å². The number of piperidine rings is 1. The van der Waals surface area contributed by atoms with Gasteiger partial charge in [0.25, 0.3) is 5.91 Å². The fraction of sp³-hybridized carbons (Fsp3) is 0.550. The van der Waals surface area contributed by atoms with Gasteiger partial charge in [0.2, 0.25) is 0 Å². The van der Waals surface area contributed by atoms with Crippen LogP contribution in [0, 0.1) is 18.3 Å². The predicted octanol–water partition coefficient (Wildman–Crippen LogP) is 3.45. The van der Waals surface area contributed by atoms with Crippen molar-refractivity contribution in [2.75, 3.05) is 20.2 Å². The summed E-state index contributed by atoms with van der Waals surface area (Å²) >= 11 is 0. The van der Waals surface area contributed by atoms with Crippen LogP contribution in [0.4, 0.5) is 0 Å². The lowest BCUT2D eigenvalue weighted by Crippen LogP contribution is -2.40. The Labute approximate surface area is 139 Å². The molecule has 0 radical (unpaired) electrons. The lowest BCUT2D eigenvalue weighted by molar-refractivity contribution is 0.0351. The molecule has 1 saturated carbocycles. The Morgan fingerprint density at radius 2 is 1.87 bits per heavy atom. The number of methoxy groups -OCH3 is 1. The molecule has 1 aromatic carbocycles. The van der Waals surface area contributed by atoms with Crippen LogP contribution < -0.4 is 0 Å². The second-order valence-electron chi connectivity index (χ2n) is 6.68. The van der Waals surface area contributed by atoms with E-state index in [9.17, 15) is 4.79 Å². The van der Waals surface area contributed by atoms with E-state index >= 15 is 0 Å². The molecule has 0 bridgehead atoms. The summed E-state index contributed by atoms with van der Waals surface area (Å²) in [6, 6.07) is 7.95. The minimum atomic E-state index is 0.118. The van der Waals surface area contributed by atoms with Crippen molar-refractivity contribution in [3.05, 3.63) is 35.4 Å². The summed E-state index contributed by atoms with van der Waals surface area (Å²) in [4.78, 5) is 14.5.